The quantitative estimate of drug-likeness (QED) is 0.205. The molecule has 7 aromatic carbocycles. The molecule has 3 heterocycles. The predicted octanol–water partition coefficient (Wildman–Crippen LogP) is 11.4. The Bertz CT molecular complexity index is 2630. The maximum atomic E-state index is 5.45. The van der Waals surface area contributed by atoms with Gasteiger partial charge in [0, 0.05) is 36.7 Å². The summed E-state index contributed by atoms with van der Waals surface area (Å²) in [5.41, 5.74) is 8.46. The van der Waals surface area contributed by atoms with Gasteiger partial charge in [-0.1, -0.05) is 103 Å². The van der Waals surface area contributed by atoms with E-state index in [2.05, 4.69) is 132 Å². The highest BCUT2D eigenvalue weighted by Gasteiger charge is 2.31. The van der Waals surface area contributed by atoms with Crippen LogP contribution in [0.25, 0.3) is 75.1 Å². The van der Waals surface area contributed by atoms with Crippen LogP contribution in [0.2, 0.25) is 0 Å². The molecule has 0 saturated carbocycles. The maximum Gasteiger partial charge on any atom is 0.165 e. The van der Waals surface area contributed by atoms with Crippen LogP contribution in [-0.2, 0) is 0 Å². The third-order valence-corrected chi connectivity index (χ3v) is 10.1. The van der Waals surface area contributed by atoms with E-state index in [0.29, 0.717) is 0 Å². The van der Waals surface area contributed by atoms with Crippen molar-refractivity contribution in [3.63, 3.8) is 0 Å². The van der Waals surface area contributed by atoms with E-state index in [-0.39, 0.29) is 0 Å². The van der Waals surface area contributed by atoms with Gasteiger partial charge in [0.2, 0.25) is 0 Å². The van der Waals surface area contributed by atoms with Gasteiger partial charge in [-0.05, 0) is 58.1 Å². The maximum absolute atomic E-state index is 5.45. The molecule has 3 nitrogen and oxygen atoms in total. The first-order chi connectivity index (χ1) is 21.8. The Morgan fingerprint density at radius 2 is 1.14 bits per heavy atom. The molecular formula is C40H23N3S. The van der Waals surface area contributed by atoms with Crippen LogP contribution in [0.1, 0.15) is 0 Å². The normalized spacial score (nSPS) is 12.5. The summed E-state index contributed by atoms with van der Waals surface area (Å²) in [7, 11) is 0. The molecule has 10 rings (SSSR count). The Hall–Kier alpha value is -5.58. The number of hydrogen-bond acceptors (Lipinski definition) is 4. The van der Waals surface area contributed by atoms with Gasteiger partial charge >= 0.3 is 0 Å². The van der Waals surface area contributed by atoms with E-state index < -0.39 is 0 Å². The molecule has 1 aliphatic rings. The molecular weight excluding hydrogens is 555 g/mol. The number of benzene rings is 7. The summed E-state index contributed by atoms with van der Waals surface area (Å²) in [6.45, 7) is 0. The van der Waals surface area contributed by atoms with E-state index in [1.54, 1.807) is 0 Å². The first-order valence-corrected chi connectivity index (χ1v) is 15.7. The molecule has 44 heavy (non-hydrogen) atoms. The Labute approximate surface area is 257 Å². The van der Waals surface area contributed by atoms with Crippen molar-refractivity contribution in [1.29, 1.82) is 0 Å². The van der Waals surface area contributed by atoms with Gasteiger partial charge in [0.25, 0.3) is 0 Å². The van der Waals surface area contributed by atoms with Crippen LogP contribution in [0.15, 0.2) is 140 Å². The van der Waals surface area contributed by atoms with Crippen LogP contribution in [0.4, 0.5) is 17.2 Å². The van der Waals surface area contributed by atoms with Gasteiger partial charge in [-0.3, -0.25) is 4.90 Å². The molecule has 1 aliphatic heterocycles. The number of fused-ring (bicyclic) bond motifs is 8. The highest BCUT2D eigenvalue weighted by atomic mass is 32.1. The van der Waals surface area contributed by atoms with Crippen LogP contribution >= 0.6 is 11.3 Å². The second kappa shape index (κ2) is 8.96. The van der Waals surface area contributed by atoms with Gasteiger partial charge in [0.15, 0.2) is 5.82 Å². The second-order valence-electron chi connectivity index (χ2n) is 11.4. The van der Waals surface area contributed by atoms with Crippen molar-refractivity contribution >= 4 is 81.3 Å². The highest BCUT2D eigenvalue weighted by molar-refractivity contribution is 7.25. The fraction of sp³-hybridized carbons (Fsp3) is 0. The van der Waals surface area contributed by atoms with Crippen molar-refractivity contribution in [1.82, 2.24) is 9.97 Å². The molecule has 0 bridgehead atoms. The van der Waals surface area contributed by atoms with E-state index in [4.69, 9.17) is 9.97 Å². The number of anilines is 3. The molecule has 0 aliphatic carbocycles. The third-order valence-electron chi connectivity index (χ3n) is 8.96. The molecule has 2 aromatic heterocycles. The molecule has 0 radical (unpaired) electrons. The van der Waals surface area contributed by atoms with Crippen molar-refractivity contribution in [3.8, 4) is 22.4 Å². The Morgan fingerprint density at radius 1 is 0.455 bits per heavy atom. The first kappa shape index (κ1) is 23.9. The van der Waals surface area contributed by atoms with Gasteiger partial charge in [-0.15, -0.1) is 11.3 Å². The average Bonchev–Trinajstić information content (AvgIpc) is 3.47. The van der Waals surface area contributed by atoms with Crippen LogP contribution in [0.3, 0.4) is 0 Å². The summed E-state index contributed by atoms with van der Waals surface area (Å²) in [4.78, 5) is 13.2. The van der Waals surface area contributed by atoms with Crippen LogP contribution in [0.5, 0.6) is 0 Å². The molecule has 0 fully saturated rings. The minimum absolute atomic E-state index is 0.838. The van der Waals surface area contributed by atoms with Gasteiger partial charge in [-0.25, -0.2) is 9.97 Å². The van der Waals surface area contributed by atoms with Crippen LogP contribution in [0, 0.1) is 0 Å². The Kier molecular flexibility index (Phi) is 4.87. The van der Waals surface area contributed by atoms with Crippen molar-refractivity contribution in [2.75, 3.05) is 4.90 Å². The zero-order valence-electron chi connectivity index (χ0n) is 23.5. The number of para-hydroxylation sites is 2. The summed E-state index contributed by atoms with van der Waals surface area (Å²) in [5, 5.41) is 7.39. The second-order valence-corrected chi connectivity index (χ2v) is 12.4. The molecule has 4 heteroatoms. The standard InChI is InChI=1S/C40H23N3S/c1-2-13-26-24(10-1)22-23-33-37(26)28-15-7-11-25-12-8-19-32(36(25)28)43(33)40-39(41-30-17-4-5-18-31(30)42-40)29-16-9-21-35-38(29)27-14-3-6-20-34(27)44-35/h1-23H. The van der Waals surface area contributed by atoms with E-state index in [1.165, 1.54) is 52.8 Å². The Balaban J connectivity index is 1.38. The summed E-state index contributed by atoms with van der Waals surface area (Å²) in [6.07, 6.45) is 0. The number of nitrogens with zero attached hydrogens (tertiary/aromatic N) is 3. The molecule has 0 saturated heterocycles. The van der Waals surface area contributed by atoms with E-state index >= 15 is 0 Å². The highest BCUT2D eigenvalue weighted by Crippen LogP contribution is 2.54. The first-order valence-electron chi connectivity index (χ1n) is 14.8. The summed E-state index contributed by atoms with van der Waals surface area (Å²) in [6, 6.07) is 49.9. The molecule has 0 unspecified atom stereocenters. The predicted molar refractivity (Wildman–Crippen MR) is 187 cm³/mol. The topological polar surface area (TPSA) is 29.0 Å². The molecule has 0 spiro atoms. The zero-order chi connectivity index (χ0) is 28.8. The Morgan fingerprint density at radius 3 is 2.05 bits per heavy atom. The number of aromatic nitrogens is 2. The third kappa shape index (κ3) is 3.26. The lowest BCUT2D eigenvalue weighted by molar-refractivity contribution is 1.18. The molecule has 0 atom stereocenters. The zero-order valence-corrected chi connectivity index (χ0v) is 24.3. The molecule has 204 valence electrons. The van der Waals surface area contributed by atoms with Gasteiger partial charge in [0.05, 0.1) is 22.4 Å². The van der Waals surface area contributed by atoms with Crippen molar-refractivity contribution in [3.05, 3.63) is 140 Å². The van der Waals surface area contributed by atoms with Crippen molar-refractivity contribution in [2.24, 2.45) is 0 Å². The fourth-order valence-electron chi connectivity index (χ4n) is 7.10. The average molecular weight is 578 g/mol. The van der Waals surface area contributed by atoms with E-state index in [9.17, 15) is 0 Å². The van der Waals surface area contributed by atoms with Crippen LogP contribution in [-0.4, -0.2) is 9.97 Å². The van der Waals surface area contributed by atoms with Crippen molar-refractivity contribution < 1.29 is 0 Å². The lowest BCUT2D eigenvalue weighted by Crippen LogP contribution is -2.18. The van der Waals surface area contributed by atoms with Gasteiger partial charge in [-0.2, -0.15) is 0 Å². The number of thiophene rings is 1. The minimum Gasteiger partial charge on any atom is -0.292 e. The van der Waals surface area contributed by atoms with Gasteiger partial charge < -0.3 is 0 Å². The van der Waals surface area contributed by atoms with Gasteiger partial charge in [0.1, 0.15) is 5.69 Å². The monoisotopic (exact) mass is 577 g/mol. The van der Waals surface area contributed by atoms with Crippen molar-refractivity contribution in [2.45, 2.75) is 0 Å². The smallest absolute Gasteiger partial charge is 0.165 e. The number of rotatable bonds is 2. The lowest BCUT2D eigenvalue weighted by Gasteiger charge is -2.34. The lowest BCUT2D eigenvalue weighted by atomic mass is 9.87. The number of hydrogen-bond donors (Lipinski definition) is 0. The molecule has 0 amide bonds. The molecule has 9 aromatic rings. The summed E-state index contributed by atoms with van der Waals surface area (Å²) < 4.78 is 2.53. The van der Waals surface area contributed by atoms with E-state index in [0.717, 1.165) is 39.5 Å². The molecule has 0 N–H and O–H groups in total. The minimum atomic E-state index is 0.838. The summed E-state index contributed by atoms with van der Waals surface area (Å²) >= 11 is 1.83. The van der Waals surface area contributed by atoms with E-state index in [1.807, 2.05) is 23.5 Å². The summed E-state index contributed by atoms with van der Waals surface area (Å²) in [5.74, 6) is 0.838. The largest absolute Gasteiger partial charge is 0.292 e. The SMILES string of the molecule is c1ccc2c3c(ccc2c1)N(c1nc2ccccc2nc1-c1cccc2sc4ccccc4c12)c1cccc2cccc-3c12. The fourth-order valence-corrected chi connectivity index (χ4v) is 8.23. The van der Waals surface area contributed by atoms with Crippen LogP contribution < -0.4 is 4.90 Å².